The van der Waals surface area contributed by atoms with Gasteiger partial charge in [0.1, 0.15) is 0 Å². The predicted molar refractivity (Wildman–Crippen MR) is 94.1 cm³/mol. The molecule has 1 amide bonds. The molecule has 5 heteroatoms. The summed E-state index contributed by atoms with van der Waals surface area (Å²) < 4.78 is 4.93. The van der Waals surface area contributed by atoms with Crippen molar-refractivity contribution in [3.63, 3.8) is 0 Å². The predicted octanol–water partition coefficient (Wildman–Crippen LogP) is 1.58. The quantitative estimate of drug-likeness (QED) is 0.775. The second kappa shape index (κ2) is 8.89. The molecule has 0 atom stereocenters. The highest BCUT2D eigenvalue weighted by Crippen LogP contribution is 2.23. The molecule has 1 aliphatic heterocycles. The average molecular weight is 319 g/mol. The van der Waals surface area contributed by atoms with Crippen LogP contribution in [0, 0.1) is 13.8 Å². The molecule has 1 aliphatic rings. The van der Waals surface area contributed by atoms with E-state index >= 15 is 0 Å². The van der Waals surface area contributed by atoms with Gasteiger partial charge in [-0.05, 0) is 31.0 Å². The normalized spacial score (nSPS) is 15.7. The maximum Gasteiger partial charge on any atom is 0.221 e. The van der Waals surface area contributed by atoms with Crippen molar-refractivity contribution in [3.8, 4) is 0 Å². The molecule has 0 unspecified atom stereocenters. The SMILES string of the molecule is COCCNC(=O)CCN1CCN(c2cccc(C)c2C)CC1. The zero-order valence-electron chi connectivity index (χ0n) is 14.6. The van der Waals surface area contributed by atoms with Crippen LogP contribution in [0.25, 0.3) is 0 Å². The largest absolute Gasteiger partial charge is 0.383 e. The summed E-state index contributed by atoms with van der Waals surface area (Å²) in [7, 11) is 1.64. The topological polar surface area (TPSA) is 44.8 Å². The van der Waals surface area contributed by atoms with Crippen molar-refractivity contribution in [2.24, 2.45) is 0 Å². The van der Waals surface area contributed by atoms with E-state index in [-0.39, 0.29) is 5.91 Å². The smallest absolute Gasteiger partial charge is 0.221 e. The lowest BCUT2D eigenvalue weighted by Crippen LogP contribution is -2.47. The van der Waals surface area contributed by atoms with E-state index in [9.17, 15) is 4.79 Å². The van der Waals surface area contributed by atoms with Gasteiger partial charge < -0.3 is 15.0 Å². The first-order valence-electron chi connectivity index (χ1n) is 8.41. The Morgan fingerprint density at radius 3 is 2.65 bits per heavy atom. The monoisotopic (exact) mass is 319 g/mol. The van der Waals surface area contributed by atoms with E-state index in [4.69, 9.17) is 4.74 Å². The Bertz CT molecular complexity index is 511. The van der Waals surface area contributed by atoms with Crippen molar-refractivity contribution in [2.75, 3.05) is 57.9 Å². The van der Waals surface area contributed by atoms with E-state index in [2.05, 4.69) is 47.2 Å². The summed E-state index contributed by atoms with van der Waals surface area (Å²) in [6, 6.07) is 6.51. The molecule has 0 aliphatic carbocycles. The molecule has 1 aromatic rings. The fraction of sp³-hybridized carbons (Fsp3) is 0.611. The number of nitrogens with one attached hydrogen (secondary N) is 1. The molecule has 1 aromatic carbocycles. The number of hydrogen-bond acceptors (Lipinski definition) is 4. The van der Waals surface area contributed by atoms with Crippen molar-refractivity contribution in [1.82, 2.24) is 10.2 Å². The van der Waals surface area contributed by atoms with Crippen molar-refractivity contribution in [1.29, 1.82) is 0 Å². The molecule has 0 aromatic heterocycles. The van der Waals surface area contributed by atoms with E-state index in [0.29, 0.717) is 19.6 Å². The molecule has 2 rings (SSSR count). The fourth-order valence-electron chi connectivity index (χ4n) is 2.93. The molecule has 0 radical (unpaired) electrons. The molecule has 1 N–H and O–H groups in total. The molecule has 0 spiro atoms. The van der Waals surface area contributed by atoms with Crippen LogP contribution in [0.4, 0.5) is 5.69 Å². The number of aryl methyl sites for hydroxylation is 1. The fourth-order valence-corrected chi connectivity index (χ4v) is 2.93. The third kappa shape index (κ3) is 5.22. The van der Waals surface area contributed by atoms with Crippen LogP contribution in [-0.4, -0.2) is 63.8 Å². The van der Waals surface area contributed by atoms with Gasteiger partial charge in [-0.25, -0.2) is 0 Å². The molecule has 1 fully saturated rings. The summed E-state index contributed by atoms with van der Waals surface area (Å²) in [6.45, 7) is 10.4. The minimum Gasteiger partial charge on any atom is -0.383 e. The van der Waals surface area contributed by atoms with E-state index in [1.165, 1.54) is 16.8 Å². The van der Waals surface area contributed by atoms with Gasteiger partial charge in [0.25, 0.3) is 0 Å². The molecule has 1 saturated heterocycles. The second-order valence-electron chi connectivity index (χ2n) is 6.14. The number of nitrogens with zero attached hydrogens (tertiary/aromatic N) is 2. The van der Waals surface area contributed by atoms with Crippen LogP contribution in [0.5, 0.6) is 0 Å². The van der Waals surface area contributed by atoms with Crippen molar-refractivity contribution < 1.29 is 9.53 Å². The van der Waals surface area contributed by atoms with E-state index in [1.807, 2.05) is 0 Å². The molecular formula is C18H29N3O2. The van der Waals surface area contributed by atoms with Crippen LogP contribution in [0.15, 0.2) is 18.2 Å². The highest BCUT2D eigenvalue weighted by molar-refractivity contribution is 5.76. The number of methoxy groups -OCH3 is 1. The third-order valence-electron chi connectivity index (χ3n) is 4.57. The van der Waals surface area contributed by atoms with E-state index < -0.39 is 0 Å². The number of piperazine rings is 1. The maximum absolute atomic E-state index is 11.7. The van der Waals surface area contributed by atoms with Gasteiger partial charge in [-0.2, -0.15) is 0 Å². The second-order valence-corrected chi connectivity index (χ2v) is 6.14. The Morgan fingerprint density at radius 1 is 1.22 bits per heavy atom. The van der Waals surface area contributed by atoms with E-state index in [0.717, 1.165) is 32.7 Å². The maximum atomic E-state index is 11.7. The summed E-state index contributed by atoms with van der Waals surface area (Å²) in [6.07, 6.45) is 0.563. The number of ether oxygens (including phenoxy) is 1. The summed E-state index contributed by atoms with van der Waals surface area (Å²) in [5, 5.41) is 2.87. The number of hydrogen-bond donors (Lipinski definition) is 1. The molecule has 0 saturated carbocycles. The number of carbonyl (C=O) groups is 1. The van der Waals surface area contributed by atoms with Crippen LogP contribution in [0.1, 0.15) is 17.5 Å². The lowest BCUT2D eigenvalue weighted by molar-refractivity contribution is -0.121. The molecule has 5 nitrogen and oxygen atoms in total. The Kier molecular flexibility index (Phi) is 6.86. The van der Waals surface area contributed by atoms with Gasteiger partial charge in [-0.15, -0.1) is 0 Å². The van der Waals surface area contributed by atoms with Crippen LogP contribution >= 0.6 is 0 Å². The van der Waals surface area contributed by atoms with E-state index in [1.54, 1.807) is 7.11 Å². The molecule has 1 heterocycles. The van der Waals surface area contributed by atoms with Crippen molar-refractivity contribution in [3.05, 3.63) is 29.3 Å². The summed E-state index contributed by atoms with van der Waals surface area (Å²) in [5.41, 5.74) is 4.07. The lowest BCUT2D eigenvalue weighted by atomic mass is 10.1. The van der Waals surface area contributed by atoms with Crippen molar-refractivity contribution >= 4 is 11.6 Å². The van der Waals surface area contributed by atoms with Gasteiger partial charge in [0, 0.05) is 58.5 Å². The summed E-state index contributed by atoms with van der Waals surface area (Å²) >= 11 is 0. The number of anilines is 1. The zero-order chi connectivity index (χ0) is 16.7. The Balaban J connectivity index is 1.74. The van der Waals surface area contributed by atoms with Gasteiger partial charge in [0.05, 0.1) is 6.61 Å². The highest BCUT2D eigenvalue weighted by Gasteiger charge is 2.19. The van der Waals surface area contributed by atoms with Gasteiger partial charge in [0.2, 0.25) is 5.91 Å². The number of carbonyl (C=O) groups excluding carboxylic acids is 1. The molecule has 0 bridgehead atoms. The molecule has 23 heavy (non-hydrogen) atoms. The first-order valence-corrected chi connectivity index (χ1v) is 8.41. The first-order chi connectivity index (χ1) is 11.1. The van der Waals surface area contributed by atoms with Crippen molar-refractivity contribution in [2.45, 2.75) is 20.3 Å². The molecule has 128 valence electrons. The zero-order valence-corrected chi connectivity index (χ0v) is 14.6. The summed E-state index contributed by atoms with van der Waals surface area (Å²) in [5.74, 6) is 0.110. The van der Waals surface area contributed by atoms with Crippen LogP contribution in [-0.2, 0) is 9.53 Å². The Morgan fingerprint density at radius 2 is 1.96 bits per heavy atom. The van der Waals surface area contributed by atoms with Gasteiger partial charge in [0.15, 0.2) is 0 Å². The van der Waals surface area contributed by atoms with Crippen LogP contribution in [0.3, 0.4) is 0 Å². The Hall–Kier alpha value is -1.59. The van der Waals surface area contributed by atoms with Crippen LogP contribution < -0.4 is 10.2 Å². The molecular weight excluding hydrogens is 290 g/mol. The van der Waals surface area contributed by atoms with Crippen LogP contribution in [0.2, 0.25) is 0 Å². The van der Waals surface area contributed by atoms with Gasteiger partial charge in [-0.3, -0.25) is 9.69 Å². The number of benzene rings is 1. The van der Waals surface area contributed by atoms with Gasteiger partial charge >= 0.3 is 0 Å². The average Bonchev–Trinajstić information content (AvgIpc) is 2.56. The number of rotatable bonds is 7. The minimum absolute atomic E-state index is 0.110. The number of amides is 1. The minimum atomic E-state index is 0.110. The lowest BCUT2D eigenvalue weighted by Gasteiger charge is -2.37. The van der Waals surface area contributed by atoms with Gasteiger partial charge in [-0.1, -0.05) is 12.1 Å². The highest BCUT2D eigenvalue weighted by atomic mass is 16.5. The Labute approximate surface area is 139 Å². The standard InChI is InChI=1S/C18H29N3O2/c1-15-5-4-6-17(16(15)2)21-12-10-20(11-13-21)9-7-18(22)19-8-14-23-3/h4-6H,7-14H2,1-3H3,(H,19,22). The first kappa shape index (κ1) is 17.8. The third-order valence-corrected chi connectivity index (χ3v) is 4.57. The summed E-state index contributed by atoms with van der Waals surface area (Å²) in [4.78, 5) is 16.6.